The highest BCUT2D eigenvalue weighted by molar-refractivity contribution is 5.94. The highest BCUT2D eigenvalue weighted by Crippen LogP contribution is 2.32. The molecule has 3 heteroatoms. The number of nitrogens with two attached hydrogens (primary N) is 1. The molecule has 1 aliphatic carbocycles. The Labute approximate surface area is 144 Å². The summed E-state index contributed by atoms with van der Waals surface area (Å²) in [7, 11) is 1.95. The number of hydrogen-bond donors (Lipinski definition) is 1. The van der Waals surface area contributed by atoms with Crippen LogP contribution in [-0.4, -0.2) is 23.9 Å². The Morgan fingerprint density at radius 3 is 2.42 bits per heavy atom. The molecule has 1 amide bonds. The van der Waals surface area contributed by atoms with Crippen molar-refractivity contribution in [3.8, 4) is 0 Å². The van der Waals surface area contributed by atoms with Crippen molar-refractivity contribution >= 4 is 5.91 Å². The highest BCUT2D eigenvalue weighted by atomic mass is 16.2. The molecule has 24 heavy (non-hydrogen) atoms. The van der Waals surface area contributed by atoms with E-state index in [-0.39, 0.29) is 5.91 Å². The minimum atomic E-state index is 0.114. The summed E-state index contributed by atoms with van der Waals surface area (Å²) in [5.74, 6) is 0.660. The average Bonchev–Trinajstić information content (AvgIpc) is 3.09. The average molecular weight is 322 g/mol. The predicted octanol–water partition coefficient (Wildman–Crippen LogP) is 3.63. The van der Waals surface area contributed by atoms with Crippen molar-refractivity contribution in [3.63, 3.8) is 0 Å². The van der Waals surface area contributed by atoms with Crippen LogP contribution >= 0.6 is 0 Å². The summed E-state index contributed by atoms with van der Waals surface area (Å²) >= 11 is 0. The summed E-state index contributed by atoms with van der Waals surface area (Å²) in [6.07, 6.45) is 4.55. The van der Waals surface area contributed by atoms with Crippen LogP contribution in [-0.2, 0) is 13.0 Å². The van der Waals surface area contributed by atoms with Gasteiger partial charge in [0.2, 0.25) is 0 Å². The van der Waals surface area contributed by atoms with Gasteiger partial charge in [0.05, 0.1) is 0 Å². The van der Waals surface area contributed by atoms with Gasteiger partial charge in [-0.25, -0.2) is 0 Å². The molecule has 0 unspecified atom stereocenters. The molecular weight excluding hydrogens is 296 g/mol. The van der Waals surface area contributed by atoms with Gasteiger partial charge in [0.1, 0.15) is 0 Å². The third-order valence-electron chi connectivity index (χ3n) is 5.21. The van der Waals surface area contributed by atoms with Crippen LogP contribution in [0.15, 0.2) is 54.6 Å². The second-order valence-electron chi connectivity index (χ2n) is 6.77. The van der Waals surface area contributed by atoms with E-state index in [1.54, 1.807) is 0 Å². The van der Waals surface area contributed by atoms with Crippen molar-refractivity contribution in [1.29, 1.82) is 0 Å². The first-order valence-corrected chi connectivity index (χ1v) is 8.79. The number of carbonyl (C=O) groups excluding carboxylic acids is 1. The number of benzene rings is 2. The first-order valence-electron chi connectivity index (χ1n) is 8.79. The van der Waals surface area contributed by atoms with E-state index < -0.39 is 0 Å². The van der Waals surface area contributed by atoms with Crippen LogP contribution < -0.4 is 5.73 Å². The quantitative estimate of drug-likeness (QED) is 0.914. The van der Waals surface area contributed by atoms with Crippen LogP contribution in [0, 0.1) is 5.92 Å². The Bertz CT molecular complexity index is 666. The lowest BCUT2D eigenvalue weighted by molar-refractivity contribution is 0.0696. The maximum absolute atomic E-state index is 12.8. The van der Waals surface area contributed by atoms with Crippen LogP contribution in [0.1, 0.15) is 40.7 Å². The summed E-state index contributed by atoms with van der Waals surface area (Å²) in [4.78, 5) is 14.8. The van der Waals surface area contributed by atoms with E-state index in [4.69, 9.17) is 5.73 Å². The standard InChI is InChI=1S/C21H26N2O/c1-23(21(24)18-12-10-17(15-22)11-13-18)20-9-5-8-19(20)14-16-6-3-2-4-7-16/h2-4,6-7,10-13,19-20H,5,8-9,14-15,22H2,1H3/t19-,20+/m1/s1. The second kappa shape index (κ2) is 7.63. The Hall–Kier alpha value is -2.13. The molecule has 0 saturated heterocycles. The van der Waals surface area contributed by atoms with Gasteiger partial charge >= 0.3 is 0 Å². The molecule has 0 aromatic heterocycles. The number of amides is 1. The van der Waals surface area contributed by atoms with E-state index in [0.717, 1.165) is 24.0 Å². The molecule has 1 aliphatic rings. The first kappa shape index (κ1) is 16.7. The van der Waals surface area contributed by atoms with Gasteiger partial charge in [-0.2, -0.15) is 0 Å². The summed E-state index contributed by atoms with van der Waals surface area (Å²) in [6, 6.07) is 18.6. The van der Waals surface area contributed by atoms with E-state index in [0.29, 0.717) is 18.5 Å². The molecule has 0 aliphatic heterocycles. The van der Waals surface area contributed by atoms with Crippen molar-refractivity contribution in [1.82, 2.24) is 4.90 Å². The maximum Gasteiger partial charge on any atom is 0.253 e. The molecule has 2 aromatic carbocycles. The van der Waals surface area contributed by atoms with Crippen LogP contribution in [0.25, 0.3) is 0 Å². The second-order valence-corrected chi connectivity index (χ2v) is 6.77. The molecule has 2 aromatic rings. The van der Waals surface area contributed by atoms with E-state index in [1.807, 2.05) is 36.2 Å². The zero-order valence-electron chi connectivity index (χ0n) is 14.3. The first-order chi connectivity index (χ1) is 11.7. The van der Waals surface area contributed by atoms with E-state index in [9.17, 15) is 4.79 Å². The van der Waals surface area contributed by atoms with Crippen molar-refractivity contribution < 1.29 is 4.79 Å². The topological polar surface area (TPSA) is 46.3 Å². The normalized spacial score (nSPS) is 20.1. The lowest BCUT2D eigenvalue weighted by Gasteiger charge is -2.30. The van der Waals surface area contributed by atoms with Crippen molar-refractivity contribution in [2.24, 2.45) is 11.7 Å². The van der Waals surface area contributed by atoms with Crippen molar-refractivity contribution in [2.45, 2.75) is 38.3 Å². The zero-order valence-corrected chi connectivity index (χ0v) is 14.3. The van der Waals surface area contributed by atoms with Gasteiger partial charge in [0, 0.05) is 25.2 Å². The van der Waals surface area contributed by atoms with E-state index in [2.05, 4.69) is 30.3 Å². The smallest absolute Gasteiger partial charge is 0.253 e. The highest BCUT2D eigenvalue weighted by Gasteiger charge is 2.32. The minimum Gasteiger partial charge on any atom is -0.338 e. The molecule has 2 atom stereocenters. The number of hydrogen-bond acceptors (Lipinski definition) is 2. The zero-order chi connectivity index (χ0) is 16.9. The van der Waals surface area contributed by atoms with Crippen LogP contribution in [0.2, 0.25) is 0 Å². The molecule has 1 saturated carbocycles. The van der Waals surface area contributed by atoms with E-state index in [1.165, 1.54) is 18.4 Å². The van der Waals surface area contributed by atoms with Crippen molar-refractivity contribution in [3.05, 3.63) is 71.3 Å². The molecule has 0 spiro atoms. The number of nitrogens with zero attached hydrogens (tertiary/aromatic N) is 1. The molecule has 0 heterocycles. The summed E-state index contributed by atoms with van der Waals surface area (Å²) in [5.41, 5.74) is 8.80. The van der Waals surface area contributed by atoms with Gasteiger partial charge in [0.15, 0.2) is 0 Å². The fraction of sp³-hybridized carbons (Fsp3) is 0.381. The lowest BCUT2D eigenvalue weighted by atomic mass is 9.93. The largest absolute Gasteiger partial charge is 0.338 e. The lowest BCUT2D eigenvalue weighted by Crippen LogP contribution is -2.40. The summed E-state index contributed by atoms with van der Waals surface area (Å²) in [5, 5.41) is 0. The van der Waals surface area contributed by atoms with Crippen LogP contribution in [0.3, 0.4) is 0 Å². The molecule has 1 fully saturated rings. The SMILES string of the molecule is CN(C(=O)c1ccc(CN)cc1)[C@H]1CCC[C@@H]1Cc1ccccc1. The molecule has 0 radical (unpaired) electrons. The molecule has 3 nitrogen and oxygen atoms in total. The Morgan fingerprint density at radius 2 is 1.75 bits per heavy atom. The van der Waals surface area contributed by atoms with Crippen molar-refractivity contribution in [2.75, 3.05) is 7.05 Å². The maximum atomic E-state index is 12.8. The fourth-order valence-corrected chi connectivity index (χ4v) is 3.82. The van der Waals surface area contributed by atoms with Crippen LogP contribution in [0.5, 0.6) is 0 Å². The molecule has 126 valence electrons. The number of carbonyl (C=O) groups is 1. The Balaban J connectivity index is 1.70. The van der Waals surface area contributed by atoms with Gasteiger partial charge in [-0.1, -0.05) is 48.9 Å². The monoisotopic (exact) mass is 322 g/mol. The molecule has 0 bridgehead atoms. The van der Waals surface area contributed by atoms with Gasteiger partial charge < -0.3 is 10.6 Å². The molecular formula is C21H26N2O. The Morgan fingerprint density at radius 1 is 1.04 bits per heavy atom. The van der Waals surface area contributed by atoms with Gasteiger partial charge in [-0.05, 0) is 48.4 Å². The third-order valence-corrected chi connectivity index (χ3v) is 5.21. The minimum absolute atomic E-state index is 0.114. The summed E-state index contributed by atoms with van der Waals surface area (Å²) < 4.78 is 0. The molecule has 2 N–H and O–H groups in total. The van der Waals surface area contributed by atoms with Crippen LogP contribution in [0.4, 0.5) is 0 Å². The Kier molecular flexibility index (Phi) is 5.31. The predicted molar refractivity (Wildman–Crippen MR) is 97.7 cm³/mol. The van der Waals surface area contributed by atoms with Gasteiger partial charge in [0.25, 0.3) is 5.91 Å². The van der Waals surface area contributed by atoms with Gasteiger partial charge in [-0.15, -0.1) is 0 Å². The van der Waals surface area contributed by atoms with E-state index >= 15 is 0 Å². The third kappa shape index (κ3) is 3.68. The van der Waals surface area contributed by atoms with Gasteiger partial charge in [-0.3, -0.25) is 4.79 Å². The summed E-state index contributed by atoms with van der Waals surface area (Å²) in [6.45, 7) is 0.506. The number of rotatable bonds is 5. The fourth-order valence-electron chi connectivity index (χ4n) is 3.82. The molecule has 3 rings (SSSR count).